The fourth-order valence-electron chi connectivity index (χ4n) is 1.99. The van der Waals surface area contributed by atoms with Gasteiger partial charge in [0.1, 0.15) is 0 Å². The average molecular weight is 228 g/mol. The van der Waals surface area contributed by atoms with Gasteiger partial charge in [-0.2, -0.15) is 0 Å². The van der Waals surface area contributed by atoms with Gasteiger partial charge in [-0.05, 0) is 32.6 Å². The van der Waals surface area contributed by atoms with Crippen LogP contribution in [-0.4, -0.2) is 42.8 Å². The number of hydrogen-bond donors (Lipinski definition) is 1. The normalized spacial score (nSPS) is 25.5. The number of ether oxygens (including phenoxy) is 1. The zero-order valence-corrected chi connectivity index (χ0v) is 11.5. The van der Waals surface area contributed by atoms with Crippen LogP contribution in [0.25, 0.3) is 0 Å². The van der Waals surface area contributed by atoms with E-state index in [-0.39, 0.29) is 11.0 Å². The summed E-state index contributed by atoms with van der Waals surface area (Å²) < 4.78 is 5.66. The number of nitrogens with two attached hydrogens (primary N) is 1. The van der Waals surface area contributed by atoms with Crippen molar-refractivity contribution in [2.45, 2.75) is 52.7 Å². The summed E-state index contributed by atoms with van der Waals surface area (Å²) in [7, 11) is 0. The van der Waals surface area contributed by atoms with Gasteiger partial charge in [0.25, 0.3) is 0 Å². The summed E-state index contributed by atoms with van der Waals surface area (Å²) in [5.41, 5.74) is 6.22. The van der Waals surface area contributed by atoms with Crippen molar-refractivity contribution in [3.63, 3.8) is 0 Å². The Kier molecular flexibility index (Phi) is 4.38. The van der Waals surface area contributed by atoms with Crippen LogP contribution in [0.3, 0.4) is 0 Å². The predicted molar refractivity (Wildman–Crippen MR) is 68.5 cm³/mol. The van der Waals surface area contributed by atoms with Crippen LogP contribution in [0.1, 0.15) is 41.0 Å². The summed E-state index contributed by atoms with van der Waals surface area (Å²) in [6, 6.07) is 0. The van der Waals surface area contributed by atoms with Crippen LogP contribution in [0.5, 0.6) is 0 Å². The molecule has 0 aromatic heterocycles. The van der Waals surface area contributed by atoms with Gasteiger partial charge in [0.15, 0.2) is 0 Å². The van der Waals surface area contributed by atoms with Gasteiger partial charge in [-0.3, -0.25) is 0 Å². The van der Waals surface area contributed by atoms with Crippen molar-refractivity contribution in [2.75, 3.05) is 26.2 Å². The SMILES string of the molecule is CC1CN(CC(C)(C)C(C)(C)N)CCCO1. The van der Waals surface area contributed by atoms with Crippen molar-refractivity contribution in [1.29, 1.82) is 0 Å². The number of hydrogen-bond acceptors (Lipinski definition) is 3. The lowest BCUT2D eigenvalue weighted by atomic mass is 9.75. The van der Waals surface area contributed by atoms with Gasteiger partial charge in [-0.25, -0.2) is 0 Å². The molecule has 0 amide bonds. The maximum Gasteiger partial charge on any atom is 0.0673 e. The summed E-state index contributed by atoms with van der Waals surface area (Å²) in [6.45, 7) is 15.0. The summed E-state index contributed by atoms with van der Waals surface area (Å²) in [5.74, 6) is 0. The standard InChI is InChI=1S/C13H28N2O/c1-11-9-15(7-6-8-16-11)10-12(2,3)13(4,5)14/h11H,6-10,14H2,1-5H3. The molecule has 1 saturated heterocycles. The molecule has 1 heterocycles. The first-order chi connectivity index (χ1) is 7.22. The van der Waals surface area contributed by atoms with E-state index >= 15 is 0 Å². The maximum absolute atomic E-state index is 6.25. The van der Waals surface area contributed by atoms with E-state index in [1.807, 2.05) is 0 Å². The Morgan fingerprint density at radius 3 is 2.50 bits per heavy atom. The van der Waals surface area contributed by atoms with Crippen molar-refractivity contribution in [3.8, 4) is 0 Å². The first-order valence-corrected chi connectivity index (χ1v) is 6.35. The molecule has 96 valence electrons. The van der Waals surface area contributed by atoms with E-state index in [4.69, 9.17) is 10.5 Å². The quantitative estimate of drug-likeness (QED) is 0.801. The smallest absolute Gasteiger partial charge is 0.0673 e. The second kappa shape index (κ2) is 5.03. The molecule has 0 bridgehead atoms. The van der Waals surface area contributed by atoms with E-state index in [0.717, 1.165) is 32.7 Å². The highest BCUT2D eigenvalue weighted by molar-refractivity contribution is 4.92. The zero-order chi connectivity index (χ0) is 12.4. The van der Waals surface area contributed by atoms with Crippen LogP contribution in [0.2, 0.25) is 0 Å². The molecule has 0 saturated carbocycles. The molecule has 0 aromatic rings. The summed E-state index contributed by atoms with van der Waals surface area (Å²) in [4.78, 5) is 2.49. The molecular weight excluding hydrogens is 200 g/mol. The third-order valence-corrected chi connectivity index (χ3v) is 3.90. The Hall–Kier alpha value is -0.120. The average Bonchev–Trinajstić information content (AvgIpc) is 2.27. The zero-order valence-electron chi connectivity index (χ0n) is 11.5. The van der Waals surface area contributed by atoms with E-state index < -0.39 is 0 Å². The van der Waals surface area contributed by atoms with Crippen LogP contribution in [0.4, 0.5) is 0 Å². The van der Waals surface area contributed by atoms with Gasteiger partial charge in [-0.1, -0.05) is 13.8 Å². The second-order valence-electron chi connectivity index (χ2n) is 6.38. The van der Waals surface area contributed by atoms with Gasteiger partial charge in [0.2, 0.25) is 0 Å². The minimum absolute atomic E-state index is 0.122. The topological polar surface area (TPSA) is 38.5 Å². The van der Waals surface area contributed by atoms with E-state index in [0.29, 0.717) is 6.10 Å². The minimum atomic E-state index is -0.149. The predicted octanol–water partition coefficient (Wildman–Crippen LogP) is 1.86. The Labute approximate surface area is 100 Å². The Bertz CT molecular complexity index is 220. The number of nitrogens with zero attached hydrogens (tertiary/aromatic N) is 1. The molecule has 1 aliphatic rings. The van der Waals surface area contributed by atoms with Crippen LogP contribution in [0.15, 0.2) is 0 Å². The van der Waals surface area contributed by atoms with Gasteiger partial charge in [-0.15, -0.1) is 0 Å². The van der Waals surface area contributed by atoms with Crippen molar-refractivity contribution < 1.29 is 4.74 Å². The lowest BCUT2D eigenvalue weighted by Gasteiger charge is -2.42. The van der Waals surface area contributed by atoms with Gasteiger partial charge >= 0.3 is 0 Å². The van der Waals surface area contributed by atoms with E-state index in [1.165, 1.54) is 0 Å². The molecular formula is C13H28N2O. The maximum atomic E-state index is 6.25. The first kappa shape index (κ1) is 13.9. The van der Waals surface area contributed by atoms with Gasteiger partial charge in [0, 0.05) is 31.8 Å². The van der Waals surface area contributed by atoms with E-state index in [9.17, 15) is 0 Å². The Morgan fingerprint density at radius 2 is 1.94 bits per heavy atom. The molecule has 1 atom stereocenters. The van der Waals surface area contributed by atoms with Crippen molar-refractivity contribution in [2.24, 2.45) is 11.1 Å². The molecule has 0 aliphatic carbocycles. The summed E-state index contributed by atoms with van der Waals surface area (Å²) >= 11 is 0. The molecule has 3 heteroatoms. The molecule has 0 radical (unpaired) electrons. The van der Waals surface area contributed by atoms with Gasteiger partial charge in [0.05, 0.1) is 6.10 Å². The molecule has 2 N–H and O–H groups in total. The molecule has 3 nitrogen and oxygen atoms in total. The minimum Gasteiger partial charge on any atom is -0.377 e. The van der Waals surface area contributed by atoms with Crippen molar-refractivity contribution in [3.05, 3.63) is 0 Å². The van der Waals surface area contributed by atoms with Crippen LogP contribution in [-0.2, 0) is 4.74 Å². The molecule has 1 aliphatic heterocycles. The first-order valence-electron chi connectivity index (χ1n) is 6.35. The lowest BCUT2D eigenvalue weighted by molar-refractivity contribution is 0.0539. The third-order valence-electron chi connectivity index (χ3n) is 3.90. The molecule has 1 fully saturated rings. The summed E-state index contributed by atoms with van der Waals surface area (Å²) in [5, 5.41) is 0. The molecule has 0 aromatic carbocycles. The van der Waals surface area contributed by atoms with E-state index in [1.54, 1.807) is 0 Å². The molecule has 0 spiro atoms. The van der Waals surface area contributed by atoms with Crippen molar-refractivity contribution in [1.82, 2.24) is 4.90 Å². The molecule has 1 rings (SSSR count). The monoisotopic (exact) mass is 228 g/mol. The lowest BCUT2D eigenvalue weighted by Crippen LogP contribution is -2.53. The highest BCUT2D eigenvalue weighted by Crippen LogP contribution is 2.29. The fraction of sp³-hybridized carbons (Fsp3) is 1.00. The number of rotatable bonds is 3. The van der Waals surface area contributed by atoms with E-state index in [2.05, 4.69) is 39.5 Å². The van der Waals surface area contributed by atoms with Crippen LogP contribution >= 0.6 is 0 Å². The Balaban J connectivity index is 2.58. The summed E-state index contributed by atoms with van der Waals surface area (Å²) in [6.07, 6.45) is 1.48. The largest absolute Gasteiger partial charge is 0.377 e. The van der Waals surface area contributed by atoms with Gasteiger partial charge < -0.3 is 15.4 Å². The highest BCUT2D eigenvalue weighted by atomic mass is 16.5. The van der Waals surface area contributed by atoms with Crippen molar-refractivity contribution >= 4 is 0 Å². The fourth-order valence-corrected chi connectivity index (χ4v) is 1.99. The highest BCUT2D eigenvalue weighted by Gasteiger charge is 2.35. The van der Waals surface area contributed by atoms with Crippen LogP contribution in [0, 0.1) is 5.41 Å². The third kappa shape index (κ3) is 3.72. The Morgan fingerprint density at radius 1 is 1.31 bits per heavy atom. The second-order valence-corrected chi connectivity index (χ2v) is 6.38. The molecule has 1 unspecified atom stereocenters. The van der Waals surface area contributed by atoms with Crippen LogP contribution < -0.4 is 5.73 Å². The molecule has 16 heavy (non-hydrogen) atoms.